The molecular formula is C14H18BrIO4. The largest absolute Gasteiger partial charge is 0.491 e. The molecule has 4 nitrogen and oxygen atoms in total. The Balaban J connectivity index is 1.87. The van der Waals surface area contributed by atoms with Gasteiger partial charge in [0, 0.05) is 16.0 Å². The quantitative estimate of drug-likeness (QED) is 0.487. The zero-order valence-electron chi connectivity index (χ0n) is 11.3. The van der Waals surface area contributed by atoms with Gasteiger partial charge in [-0.1, -0.05) is 38.5 Å². The molecule has 6 heteroatoms. The molecule has 2 rings (SSSR count). The average Bonchev–Trinajstić information content (AvgIpc) is 2.47. The van der Waals surface area contributed by atoms with E-state index in [9.17, 15) is 0 Å². The van der Waals surface area contributed by atoms with Crippen molar-refractivity contribution in [3.05, 3.63) is 28.7 Å². The first-order valence-electron chi connectivity index (χ1n) is 6.36. The zero-order valence-corrected chi connectivity index (χ0v) is 15.1. The molecule has 2 unspecified atom stereocenters. The normalized spacial score (nSPS) is 26.4. The zero-order chi connectivity index (χ0) is 14.4. The van der Waals surface area contributed by atoms with Gasteiger partial charge in [-0.3, -0.25) is 0 Å². The van der Waals surface area contributed by atoms with Crippen molar-refractivity contribution in [2.24, 2.45) is 0 Å². The molecule has 2 atom stereocenters. The summed E-state index contributed by atoms with van der Waals surface area (Å²) in [5.74, 6) is 0.828. The number of rotatable bonds is 6. The first-order chi connectivity index (χ1) is 9.67. The van der Waals surface area contributed by atoms with Crippen LogP contribution in [0.2, 0.25) is 0 Å². The molecule has 0 N–H and O–H groups in total. The lowest BCUT2D eigenvalue weighted by molar-refractivity contribution is -0.210. The van der Waals surface area contributed by atoms with Crippen molar-refractivity contribution in [3.8, 4) is 5.75 Å². The van der Waals surface area contributed by atoms with Crippen molar-refractivity contribution in [3.63, 3.8) is 0 Å². The first-order valence-corrected chi connectivity index (χ1v) is 8.68. The van der Waals surface area contributed by atoms with Crippen LogP contribution in [0.25, 0.3) is 0 Å². The van der Waals surface area contributed by atoms with Gasteiger partial charge in [-0.2, -0.15) is 0 Å². The van der Waals surface area contributed by atoms with Crippen molar-refractivity contribution in [1.82, 2.24) is 0 Å². The van der Waals surface area contributed by atoms with Crippen molar-refractivity contribution in [2.45, 2.75) is 11.7 Å². The van der Waals surface area contributed by atoms with Crippen LogP contribution in [0.5, 0.6) is 5.75 Å². The van der Waals surface area contributed by atoms with Gasteiger partial charge in [0.1, 0.15) is 24.1 Å². The Morgan fingerprint density at radius 2 is 2.15 bits per heavy atom. The van der Waals surface area contributed by atoms with Gasteiger partial charge < -0.3 is 18.9 Å². The summed E-state index contributed by atoms with van der Waals surface area (Å²) < 4.78 is 24.6. The molecule has 1 aromatic rings. The fourth-order valence-corrected chi connectivity index (χ4v) is 2.93. The third-order valence-corrected chi connectivity index (χ3v) is 4.90. The maximum atomic E-state index is 6.12. The van der Waals surface area contributed by atoms with Crippen LogP contribution in [0.3, 0.4) is 0 Å². The van der Waals surface area contributed by atoms with Gasteiger partial charge in [-0.15, -0.1) is 0 Å². The standard InChI is InChI=1S/C14H18BrIO4/c1-17-9-14(8-16)10-18-6-13(20-14)7-19-12-4-2-11(15)3-5-12/h2-5,13H,6-10H2,1H3. The minimum atomic E-state index is -0.360. The smallest absolute Gasteiger partial charge is 0.124 e. The summed E-state index contributed by atoms with van der Waals surface area (Å²) in [6, 6.07) is 7.75. The summed E-state index contributed by atoms with van der Waals surface area (Å²) in [6.07, 6.45) is -0.0719. The number of hydrogen-bond donors (Lipinski definition) is 0. The topological polar surface area (TPSA) is 36.9 Å². The Labute approximate surface area is 141 Å². The van der Waals surface area contributed by atoms with E-state index in [0.717, 1.165) is 14.6 Å². The van der Waals surface area contributed by atoms with Gasteiger partial charge in [0.2, 0.25) is 0 Å². The molecular weight excluding hydrogens is 439 g/mol. The number of alkyl halides is 1. The van der Waals surface area contributed by atoms with Crippen LogP contribution >= 0.6 is 38.5 Å². The highest BCUT2D eigenvalue weighted by Gasteiger charge is 2.37. The van der Waals surface area contributed by atoms with E-state index >= 15 is 0 Å². The molecule has 0 aliphatic carbocycles. The Bertz CT molecular complexity index is 410. The van der Waals surface area contributed by atoms with Gasteiger partial charge in [0.15, 0.2) is 0 Å². The molecule has 0 spiro atoms. The lowest BCUT2D eigenvalue weighted by atomic mass is 10.1. The second kappa shape index (κ2) is 7.93. The maximum absolute atomic E-state index is 6.12. The highest BCUT2D eigenvalue weighted by molar-refractivity contribution is 14.1. The molecule has 1 heterocycles. The number of hydrogen-bond acceptors (Lipinski definition) is 4. The van der Waals surface area contributed by atoms with Crippen molar-refractivity contribution >= 4 is 38.5 Å². The molecule has 112 valence electrons. The van der Waals surface area contributed by atoms with Crippen molar-refractivity contribution in [2.75, 3.05) is 38.0 Å². The maximum Gasteiger partial charge on any atom is 0.124 e. The summed E-state index contributed by atoms with van der Waals surface area (Å²) in [4.78, 5) is 0. The number of halogens is 2. The van der Waals surface area contributed by atoms with E-state index in [1.165, 1.54) is 0 Å². The van der Waals surface area contributed by atoms with E-state index in [4.69, 9.17) is 18.9 Å². The van der Waals surface area contributed by atoms with E-state index in [1.54, 1.807) is 7.11 Å². The van der Waals surface area contributed by atoms with Crippen molar-refractivity contribution < 1.29 is 18.9 Å². The number of ether oxygens (including phenoxy) is 4. The van der Waals surface area contributed by atoms with Gasteiger partial charge in [-0.05, 0) is 24.3 Å². The third kappa shape index (κ3) is 4.56. The van der Waals surface area contributed by atoms with Crippen molar-refractivity contribution in [1.29, 1.82) is 0 Å². The lowest BCUT2D eigenvalue weighted by Gasteiger charge is -2.39. The Morgan fingerprint density at radius 3 is 2.80 bits per heavy atom. The summed E-state index contributed by atoms with van der Waals surface area (Å²) in [6.45, 7) is 2.13. The van der Waals surface area contributed by atoms with Crippen LogP contribution in [0.4, 0.5) is 0 Å². The van der Waals surface area contributed by atoms with Gasteiger partial charge in [-0.25, -0.2) is 0 Å². The highest BCUT2D eigenvalue weighted by Crippen LogP contribution is 2.24. The van der Waals surface area contributed by atoms with Crippen LogP contribution in [-0.4, -0.2) is 49.7 Å². The Kier molecular flexibility index (Phi) is 6.54. The van der Waals surface area contributed by atoms with E-state index in [2.05, 4.69) is 38.5 Å². The summed E-state index contributed by atoms with van der Waals surface area (Å²) in [7, 11) is 1.68. The fraction of sp³-hybridized carbons (Fsp3) is 0.571. The Morgan fingerprint density at radius 1 is 1.40 bits per heavy atom. The monoisotopic (exact) mass is 456 g/mol. The van der Waals surface area contributed by atoms with E-state index in [-0.39, 0.29) is 11.7 Å². The van der Waals surface area contributed by atoms with Crippen LogP contribution in [-0.2, 0) is 14.2 Å². The fourth-order valence-electron chi connectivity index (χ4n) is 2.05. The summed E-state index contributed by atoms with van der Waals surface area (Å²) in [5.41, 5.74) is -0.360. The second-order valence-electron chi connectivity index (χ2n) is 4.77. The predicted molar refractivity (Wildman–Crippen MR) is 88.8 cm³/mol. The molecule has 1 saturated heterocycles. The molecule has 1 fully saturated rings. The van der Waals surface area contributed by atoms with Gasteiger partial charge >= 0.3 is 0 Å². The lowest BCUT2D eigenvalue weighted by Crippen LogP contribution is -2.53. The van der Waals surface area contributed by atoms with Crippen LogP contribution < -0.4 is 4.74 Å². The molecule has 0 bridgehead atoms. The SMILES string of the molecule is COCC1(CI)COCC(COc2ccc(Br)cc2)O1. The van der Waals surface area contributed by atoms with Crippen LogP contribution in [0.1, 0.15) is 0 Å². The molecule has 1 aromatic carbocycles. The van der Waals surface area contributed by atoms with E-state index < -0.39 is 0 Å². The van der Waals surface area contributed by atoms with E-state index in [0.29, 0.717) is 26.4 Å². The average molecular weight is 457 g/mol. The molecule has 0 saturated carbocycles. The minimum absolute atomic E-state index is 0.0719. The number of methoxy groups -OCH3 is 1. The molecule has 0 aromatic heterocycles. The predicted octanol–water partition coefficient (Wildman–Crippen LogP) is 3.06. The highest BCUT2D eigenvalue weighted by atomic mass is 127. The molecule has 0 amide bonds. The molecule has 1 aliphatic rings. The van der Waals surface area contributed by atoms with E-state index in [1.807, 2.05) is 24.3 Å². The summed E-state index contributed by atoms with van der Waals surface area (Å²) >= 11 is 5.71. The van der Waals surface area contributed by atoms with Crippen LogP contribution in [0, 0.1) is 0 Å². The van der Waals surface area contributed by atoms with Crippen LogP contribution in [0.15, 0.2) is 28.7 Å². The second-order valence-corrected chi connectivity index (χ2v) is 6.45. The third-order valence-electron chi connectivity index (χ3n) is 2.99. The van der Waals surface area contributed by atoms with Gasteiger partial charge in [0.05, 0.1) is 19.8 Å². The number of benzene rings is 1. The Hall–Kier alpha value is 0.110. The summed E-state index contributed by atoms with van der Waals surface area (Å²) in [5, 5.41) is 0. The molecule has 20 heavy (non-hydrogen) atoms. The minimum Gasteiger partial charge on any atom is -0.491 e. The molecule has 1 aliphatic heterocycles. The first kappa shape index (κ1) is 16.5. The molecule has 0 radical (unpaired) electrons. The van der Waals surface area contributed by atoms with Gasteiger partial charge in [0.25, 0.3) is 0 Å².